The monoisotopic (exact) mass is 397 g/mol. The molecule has 142 valence electrons. The Hall–Kier alpha value is -3.06. The van der Waals surface area contributed by atoms with E-state index >= 15 is 0 Å². The van der Waals surface area contributed by atoms with Gasteiger partial charge in [0, 0.05) is 0 Å². The van der Waals surface area contributed by atoms with E-state index in [1.54, 1.807) is 12.1 Å². The molecule has 1 N–H and O–H groups in total. The molecule has 0 aromatic heterocycles. The number of carbonyl (C=O) groups is 1. The van der Waals surface area contributed by atoms with Crippen LogP contribution in [0.5, 0.6) is 0 Å². The number of sulfonamides is 1. The predicted molar refractivity (Wildman–Crippen MR) is 93.4 cm³/mol. The van der Waals surface area contributed by atoms with Crippen LogP contribution in [0.3, 0.4) is 0 Å². The van der Waals surface area contributed by atoms with Crippen molar-refractivity contribution in [3.05, 3.63) is 59.7 Å². The van der Waals surface area contributed by atoms with E-state index in [0.29, 0.717) is 10.6 Å². The summed E-state index contributed by atoms with van der Waals surface area (Å²) in [7, 11) is -4.20. The van der Waals surface area contributed by atoms with Gasteiger partial charge in [0.2, 0.25) is 15.9 Å². The topological polar surface area (TPSA) is 90.3 Å². The molecule has 0 spiro atoms. The quantitative estimate of drug-likeness (QED) is 0.840. The third-order valence-corrected chi connectivity index (χ3v) is 4.61. The van der Waals surface area contributed by atoms with Crippen molar-refractivity contribution < 1.29 is 26.4 Å². The lowest BCUT2D eigenvalue weighted by atomic mass is 10.1. The molecule has 1 amide bonds. The first kappa shape index (κ1) is 20.3. The van der Waals surface area contributed by atoms with Gasteiger partial charge in [-0.15, -0.1) is 0 Å². The summed E-state index contributed by atoms with van der Waals surface area (Å²) < 4.78 is 64.1. The molecule has 0 saturated heterocycles. The number of carbonyl (C=O) groups excluding carboxylic acids is 1. The van der Waals surface area contributed by atoms with Gasteiger partial charge in [0.25, 0.3) is 0 Å². The smallest absolute Gasteiger partial charge is 0.323 e. The fourth-order valence-electron chi connectivity index (χ4n) is 2.32. The molecule has 2 aromatic rings. The van der Waals surface area contributed by atoms with E-state index in [1.807, 2.05) is 6.07 Å². The summed E-state index contributed by atoms with van der Waals surface area (Å²) >= 11 is 0. The van der Waals surface area contributed by atoms with E-state index < -0.39 is 39.9 Å². The van der Waals surface area contributed by atoms with Crippen LogP contribution in [0.4, 0.5) is 24.5 Å². The molecule has 0 fully saturated rings. The number of para-hydroxylation sites is 2. The first-order valence-corrected chi connectivity index (χ1v) is 9.32. The number of amides is 1. The van der Waals surface area contributed by atoms with Crippen molar-refractivity contribution in [1.82, 2.24) is 0 Å². The number of nitriles is 1. The highest BCUT2D eigenvalue weighted by atomic mass is 32.2. The molecule has 0 radical (unpaired) electrons. The van der Waals surface area contributed by atoms with E-state index in [2.05, 4.69) is 5.32 Å². The van der Waals surface area contributed by atoms with Gasteiger partial charge in [-0.2, -0.15) is 18.4 Å². The lowest BCUT2D eigenvalue weighted by Gasteiger charge is -2.25. The van der Waals surface area contributed by atoms with Gasteiger partial charge in [-0.05, 0) is 24.3 Å². The molecule has 0 unspecified atom stereocenters. The van der Waals surface area contributed by atoms with Gasteiger partial charge in [-0.1, -0.05) is 24.3 Å². The van der Waals surface area contributed by atoms with Gasteiger partial charge >= 0.3 is 6.18 Å². The molecule has 0 bridgehead atoms. The van der Waals surface area contributed by atoms with Crippen LogP contribution in [0, 0.1) is 11.3 Å². The highest BCUT2D eigenvalue weighted by Gasteiger charge is 2.36. The van der Waals surface area contributed by atoms with Crippen LogP contribution < -0.4 is 9.62 Å². The zero-order valence-corrected chi connectivity index (χ0v) is 14.8. The maximum atomic E-state index is 13.2. The average molecular weight is 397 g/mol. The van der Waals surface area contributed by atoms with Crippen molar-refractivity contribution in [2.45, 2.75) is 6.18 Å². The minimum atomic E-state index is -4.80. The summed E-state index contributed by atoms with van der Waals surface area (Å²) in [6.45, 7) is -0.883. The van der Waals surface area contributed by atoms with Crippen LogP contribution in [-0.4, -0.2) is 27.1 Å². The van der Waals surface area contributed by atoms with Crippen LogP contribution in [0.2, 0.25) is 0 Å². The summed E-state index contributed by atoms with van der Waals surface area (Å²) in [6, 6.07) is 11.9. The molecule has 10 heteroatoms. The Kier molecular flexibility index (Phi) is 5.75. The van der Waals surface area contributed by atoms with Gasteiger partial charge < -0.3 is 5.32 Å². The van der Waals surface area contributed by atoms with Gasteiger partial charge in [-0.25, -0.2) is 8.42 Å². The molecular formula is C17H14F3N3O3S. The summed E-state index contributed by atoms with van der Waals surface area (Å²) in [5.41, 5.74) is -1.58. The Morgan fingerprint density at radius 1 is 1.15 bits per heavy atom. The number of hydrogen-bond acceptors (Lipinski definition) is 4. The van der Waals surface area contributed by atoms with E-state index in [9.17, 15) is 26.4 Å². The lowest BCUT2D eigenvalue weighted by molar-refractivity contribution is -0.137. The summed E-state index contributed by atoms with van der Waals surface area (Å²) in [5, 5.41) is 11.4. The van der Waals surface area contributed by atoms with Gasteiger partial charge in [0.1, 0.15) is 12.6 Å². The molecule has 0 aliphatic carbocycles. The third kappa shape index (κ3) is 4.98. The molecule has 0 atom stereocenters. The predicted octanol–water partition coefficient (Wildman–Crippen LogP) is 2.98. The average Bonchev–Trinajstić information content (AvgIpc) is 2.58. The van der Waals surface area contributed by atoms with Crippen molar-refractivity contribution in [2.24, 2.45) is 0 Å². The normalized spacial score (nSPS) is 11.5. The van der Waals surface area contributed by atoms with Gasteiger partial charge in [0.05, 0.1) is 28.8 Å². The zero-order valence-electron chi connectivity index (χ0n) is 14.0. The van der Waals surface area contributed by atoms with Crippen molar-refractivity contribution >= 4 is 27.3 Å². The van der Waals surface area contributed by atoms with E-state index in [0.717, 1.165) is 18.2 Å². The summed E-state index contributed by atoms with van der Waals surface area (Å²) in [5.74, 6) is -0.889. The molecule has 0 heterocycles. The van der Waals surface area contributed by atoms with Crippen LogP contribution in [0.1, 0.15) is 11.1 Å². The molecule has 0 saturated carbocycles. The Balaban J connectivity index is 2.38. The first-order chi connectivity index (χ1) is 12.5. The van der Waals surface area contributed by atoms with Crippen LogP contribution >= 0.6 is 0 Å². The fraction of sp³-hybridized carbons (Fsp3) is 0.176. The Morgan fingerprint density at radius 3 is 2.33 bits per heavy atom. The number of nitrogens with one attached hydrogen (secondary N) is 1. The number of benzene rings is 2. The number of halogens is 3. The molecule has 2 aromatic carbocycles. The Labute approximate surface area is 153 Å². The minimum Gasteiger partial charge on any atom is -0.323 e. The number of anilines is 2. The molecular weight excluding hydrogens is 383 g/mol. The number of alkyl halides is 3. The summed E-state index contributed by atoms with van der Waals surface area (Å²) in [4.78, 5) is 12.3. The third-order valence-electron chi connectivity index (χ3n) is 3.49. The molecule has 0 aliphatic rings. The first-order valence-electron chi connectivity index (χ1n) is 7.47. The highest BCUT2D eigenvalue weighted by molar-refractivity contribution is 7.92. The van der Waals surface area contributed by atoms with Crippen molar-refractivity contribution in [3.63, 3.8) is 0 Å². The molecule has 0 aliphatic heterocycles. The minimum absolute atomic E-state index is 0.127. The molecule has 27 heavy (non-hydrogen) atoms. The van der Waals surface area contributed by atoms with E-state index in [4.69, 9.17) is 5.26 Å². The maximum absolute atomic E-state index is 13.2. The van der Waals surface area contributed by atoms with Gasteiger partial charge in [0.15, 0.2) is 0 Å². The number of rotatable bonds is 5. The van der Waals surface area contributed by atoms with Crippen LogP contribution in [0.25, 0.3) is 0 Å². The number of nitrogens with zero attached hydrogens (tertiary/aromatic N) is 2. The summed E-state index contributed by atoms with van der Waals surface area (Å²) in [6.07, 6.45) is -4.10. The zero-order chi connectivity index (χ0) is 20.2. The van der Waals surface area contributed by atoms with Crippen LogP contribution in [-0.2, 0) is 21.0 Å². The number of hydrogen-bond donors (Lipinski definition) is 1. The Bertz CT molecular complexity index is 998. The van der Waals surface area contributed by atoms with E-state index in [1.165, 1.54) is 18.2 Å². The fourth-order valence-corrected chi connectivity index (χ4v) is 3.19. The standard InChI is InChI=1S/C17H14F3N3O3S/c1-27(25,26)23(15-9-5-3-7-13(15)17(18,19)20)11-16(24)22-14-8-4-2-6-12(14)10-21/h2-9H,11H2,1H3,(H,22,24). The highest BCUT2D eigenvalue weighted by Crippen LogP contribution is 2.37. The SMILES string of the molecule is CS(=O)(=O)N(CC(=O)Nc1ccccc1C#N)c1ccccc1C(F)(F)F. The second-order valence-electron chi connectivity index (χ2n) is 5.49. The molecule has 2 rings (SSSR count). The second-order valence-corrected chi connectivity index (χ2v) is 7.40. The Morgan fingerprint density at radius 2 is 1.74 bits per heavy atom. The van der Waals surface area contributed by atoms with Gasteiger partial charge in [-0.3, -0.25) is 9.10 Å². The van der Waals surface area contributed by atoms with Crippen molar-refractivity contribution in [1.29, 1.82) is 5.26 Å². The van der Waals surface area contributed by atoms with Crippen LogP contribution in [0.15, 0.2) is 48.5 Å². The van der Waals surface area contributed by atoms with E-state index in [-0.39, 0.29) is 11.3 Å². The lowest BCUT2D eigenvalue weighted by Crippen LogP contribution is -2.38. The maximum Gasteiger partial charge on any atom is 0.418 e. The second kappa shape index (κ2) is 7.67. The van der Waals surface area contributed by atoms with Crippen molar-refractivity contribution in [2.75, 3.05) is 22.4 Å². The van der Waals surface area contributed by atoms with Crippen molar-refractivity contribution in [3.8, 4) is 6.07 Å². The largest absolute Gasteiger partial charge is 0.418 e. The molecule has 6 nitrogen and oxygen atoms in total.